The number of anilines is 2. The molecule has 1 aliphatic rings. The molecule has 5 aromatic rings. The maximum absolute atomic E-state index is 13.7. The molecule has 358 valence electrons. The van der Waals surface area contributed by atoms with Crippen LogP contribution < -0.4 is 32.1 Å². The lowest BCUT2D eigenvalue weighted by atomic mass is 9.98. The Morgan fingerprint density at radius 1 is 0.853 bits per heavy atom. The fraction of sp³-hybridized carbons (Fsp3) is 0.348. The van der Waals surface area contributed by atoms with E-state index < -0.39 is 78.1 Å². The third kappa shape index (κ3) is 12.5. The van der Waals surface area contributed by atoms with Crippen LogP contribution in [0.2, 0.25) is 0 Å². The SMILES string of the molecule is COC(=O)[C@H](CCCCNC(=O)C[C@H](NC(=O)OCC1c2ccccc2-c2ccccc21)C(=O)OC(C)(C)C)NC(=O)c1ccc(N(Cc2cnc3nc(N)[nH]c(=O)c3n2)C(=O)C(F)(F)F)cc1. The number of hydrogen-bond acceptors (Lipinski definition) is 14. The first-order valence-corrected chi connectivity index (χ1v) is 21.2. The van der Waals surface area contributed by atoms with Crippen LogP contribution in [0.25, 0.3) is 22.3 Å². The van der Waals surface area contributed by atoms with Gasteiger partial charge in [0.05, 0.1) is 32.0 Å². The van der Waals surface area contributed by atoms with E-state index in [0.29, 0.717) is 11.3 Å². The Hall–Kier alpha value is -7.91. The van der Waals surface area contributed by atoms with Crippen molar-refractivity contribution in [2.45, 2.75) is 82.8 Å². The number of methoxy groups -OCH3 is 1. The molecule has 0 radical (unpaired) electrons. The molecule has 0 saturated carbocycles. The van der Waals surface area contributed by atoms with E-state index in [4.69, 9.17) is 19.9 Å². The Balaban J connectivity index is 1.01. The van der Waals surface area contributed by atoms with Crippen molar-refractivity contribution in [3.63, 3.8) is 0 Å². The van der Waals surface area contributed by atoms with Gasteiger partial charge in [0.15, 0.2) is 11.2 Å². The highest BCUT2D eigenvalue weighted by atomic mass is 19.4. The molecule has 0 bridgehead atoms. The van der Waals surface area contributed by atoms with Crippen LogP contribution in [-0.2, 0) is 39.9 Å². The fourth-order valence-electron chi connectivity index (χ4n) is 7.38. The summed E-state index contributed by atoms with van der Waals surface area (Å²) < 4.78 is 57.1. The number of amides is 4. The van der Waals surface area contributed by atoms with Crippen LogP contribution in [0.4, 0.5) is 29.6 Å². The monoisotopic (exact) mass is 943 g/mol. The van der Waals surface area contributed by atoms with E-state index in [9.17, 15) is 46.7 Å². The normalized spacial score (nSPS) is 13.0. The van der Waals surface area contributed by atoms with Gasteiger partial charge in [0.1, 0.15) is 24.3 Å². The van der Waals surface area contributed by atoms with Crippen molar-refractivity contribution in [3.8, 4) is 11.1 Å². The quantitative estimate of drug-likeness (QED) is 0.0485. The number of halogens is 3. The van der Waals surface area contributed by atoms with E-state index in [0.717, 1.165) is 59.8 Å². The fourth-order valence-corrected chi connectivity index (χ4v) is 7.38. The van der Waals surface area contributed by atoms with Gasteiger partial charge in [0, 0.05) is 23.7 Å². The van der Waals surface area contributed by atoms with Crippen LogP contribution in [-0.4, -0.2) is 99.8 Å². The van der Waals surface area contributed by atoms with Gasteiger partial charge in [-0.2, -0.15) is 18.2 Å². The Morgan fingerprint density at radius 2 is 1.50 bits per heavy atom. The van der Waals surface area contributed by atoms with E-state index in [1.54, 1.807) is 20.8 Å². The number of aromatic nitrogens is 4. The molecule has 4 amide bonds. The Labute approximate surface area is 386 Å². The van der Waals surface area contributed by atoms with E-state index in [-0.39, 0.29) is 66.0 Å². The molecule has 2 atom stereocenters. The van der Waals surface area contributed by atoms with Crippen molar-refractivity contribution >= 4 is 58.6 Å². The molecule has 0 aliphatic heterocycles. The number of unbranched alkanes of at least 4 members (excludes halogenated alkanes) is 1. The molecular formula is C46H48F3N9O10. The highest BCUT2D eigenvalue weighted by Gasteiger charge is 2.43. The van der Waals surface area contributed by atoms with E-state index in [1.165, 1.54) is 0 Å². The van der Waals surface area contributed by atoms with Crippen molar-refractivity contribution in [1.29, 1.82) is 0 Å². The van der Waals surface area contributed by atoms with Gasteiger partial charge in [-0.05, 0) is 86.6 Å². The number of nitrogens with two attached hydrogens (primary N) is 1. The molecular weight excluding hydrogens is 896 g/mol. The van der Waals surface area contributed by atoms with Gasteiger partial charge in [-0.3, -0.25) is 29.1 Å². The minimum atomic E-state index is -5.32. The number of hydrogen-bond donors (Lipinski definition) is 5. The number of benzene rings is 3. The summed E-state index contributed by atoms with van der Waals surface area (Å²) in [5, 5.41) is 7.68. The van der Waals surface area contributed by atoms with Crippen LogP contribution in [0.15, 0.2) is 83.8 Å². The largest absolute Gasteiger partial charge is 0.471 e. The first-order chi connectivity index (χ1) is 32.2. The third-order valence-electron chi connectivity index (χ3n) is 10.5. The standard InChI is InChI=1S/C46H48F3N9O10/c1-45(2,3)68-41(63)34(55-44(65)67-24-32-30-13-7-5-11-28(30)29-12-6-8-14-31(29)32)21-35(59)51-20-10-9-15-33(40(62)66-4)54-38(60)25-16-18-27(19-17-25)58(42(64)46(47,48)49)23-26-22-52-37-36(53-26)39(61)57-43(50)56-37/h5-8,11-14,16-19,22,32-34H,9-10,15,20-21,23-24H2,1-4H3,(H,51,59)(H,54,60)(H,55,65)(H3,50,52,56,57,61)/t33-,34-/m0/s1. The Kier molecular flexibility index (Phi) is 15.4. The van der Waals surface area contributed by atoms with Crippen molar-refractivity contribution in [3.05, 3.63) is 112 Å². The number of rotatable bonds is 17. The molecule has 0 saturated heterocycles. The third-order valence-corrected chi connectivity index (χ3v) is 10.5. The smallest absolute Gasteiger partial charge is 0.467 e. The molecule has 0 unspecified atom stereocenters. The van der Waals surface area contributed by atoms with Crippen molar-refractivity contribution in [2.24, 2.45) is 0 Å². The van der Waals surface area contributed by atoms with Gasteiger partial charge in [0.2, 0.25) is 11.9 Å². The van der Waals surface area contributed by atoms with E-state index in [1.807, 2.05) is 48.5 Å². The number of nitrogens with one attached hydrogen (secondary N) is 4. The Morgan fingerprint density at radius 3 is 2.12 bits per heavy atom. The number of alkyl carbamates (subject to hydrolysis) is 1. The topological polar surface area (TPSA) is 267 Å². The summed E-state index contributed by atoms with van der Waals surface area (Å²) in [5.74, 6) is -5.80. The van der Waals surface area contributed by atoms with Crippen LogP contribution in [0.1, 0.15) is 79.6 Å². The van der Waals surface area contributed by atoms with Crippen LogP contribution in [0, 0.1) is 0 Å². The number of nitrogens with zero attached hydrogens (tertiary/aromatic N) is 4. The summed E-state index contributed by atoms with van der Waals surface area (Å²) in [4.78, 5) is 104. The Bertz CT molecular complexity index is 2720. The average Bonchev–Trinajstić information content (AvgIpc) is 3.61. The zero-order valence-electron chi connectivity index (χ0n) is 37.3. The first-order valence-electron chi connectivity index (χ1n) is 21.2. The molecule has 68 heavy (non-hydrogen) atoms. The number of ether oxygens (including phenoxy) is 3. The number of fused-ring (bicyclic) bond motifs is 4. The lowest BCUT2D eigenvalue weighted by Gasteiger charge is -2.24. The molecule has 2 aromatic heterocycles. The van der Waals surface area contributed by atoms with Crippen LogP contribution >= 0.6 is 0 Å². The van der Waals surface area contributed by atoms with Gasteiger partial charge in [-0.25, -0.2) is 24.4 Å². The second-order valence-electron chi connectivity index (χ2n) is 16.6. The van der Waals surface area contributed by atoms with Crippen LogP contribution in [0.3, 0.4) is 0 Å². The highest BCUT2D eigenvalue weighted by molar-refractivity contribution is 5.99. The summed E-state index contributed by atoms with van der Waals surface area (Å²) in [6.07, 6.45) is -5.08. The van der Waals surface area contributed by atoms with Crippen LogP contribution in [0.5, 0.6) is 0 Å². The number of nitrogen functional groups attached to an aromatic ring is 1. The predicted octanol–water partition coefficient (Wildman–Crippen LogP) is 4.59. The van der Waals surface area contributed by atoms with Crippen molar-refractivity contribution < 1.29 is 56.1 Å². The van der Waals surface area contributed by atoms with Crippen molar-refractivity contribution in [2.75, 3.05) is 30.9 Å². The summed E-state index contributed by atoms with van der Waals surface area (Å²) in [7, 11) is 1.11. The molecule has 2 heterocycles. The molecule has 3 aromatic carbocycles. The summed E-state index contributed by atoms with van der Waals surface area (Å²) >= 11 is 0. The average molecular weight is 944 g/mol. The predicted molar refractivity (Wildman–Crippen MR) is 239 cm³/mol. The van der Waals surface area contributed by atoms with E-state index >= 15 is 0 Å². The summed E-state index contributed by atoms with van der Waals surface area (Å²) in [6.45, 7) is 4.20. The first kappa shape index (κ1) is 49.5. The zero-order chi connectivity index (χ0) is 49.3. The highest BCUT2D eigenvalue weighted by Crippen LogP contribution is 2.44. The molecule has 0 spiro atoms. The minimum Gasteiger partial charge on any atom is -0.467 e. The van der Waals surface area contributed by atoms with E-state index in [2.05, 4.69) is 35.9 Å². The number of aromatic amines is 1. The van der Waals surface area contributed by atoms with Gasteiger partial charge in [-0.15, -0.1) is 0 Å². The van der Waals surface area contributed by atoms with Gasteiger partial charge >= 0.3 is 30.1 Å². The number of esters is 2. The molecule has 0 fully saturated rings. The molecule has 6 rings (SSSR count). The van der Waals surface area contributed by atoms with Gasteiger partial charge in [0.25, 0.3) is 11.5 Å². The van der Waals surface area contributed by atoms with Crippen molar-refractivity contribution in [1.82, 2.24) is 35.9 Å². The maximum atomic E-state index is 13.7. The molecule has 1 aliphatic carbocycles. The number of carbonyl (C=O) groups is 6. The lowest BCUT2D eigenvalue weighted by Crippen LogP contribution is -2.47. The number of H-pyrrole nitrogens is 1. The second-order valence-corrected chi connectivity index (χ2v) is 16.6. The summed E-state index contributed by atoms with van der Waals surface area (Å²) in [6, 6.07) is 17.5. The molecule has 19 nitrogen and oxygen atoms in total. The second kappa shape index (κ2) is 21.2. The van der Waals surface area contributed by atoms with Gasteiger partial charge < -0.3 is 35.9 Å². The number of carbonyl (C=O) groups excluding carboxylic acids is 6. The number of alkyl halides is 3. The zero-order valence-corrected chi connectivity index (χ0v) is 37.3. The summed E-state index contributed by atoms with van der Waals surface area (Å²) in [5.41, 5.74) is 6.78. The van der Waals surface area contributed by atoms with Gasteiger partial charge in [-0.1, -0.05) is 48.5 Å². The lowest BCUT2D eigenvalue weighted by molar-refractivity contribution is -0.170. The molecule has 22 heteroatoms. The maximum Gasteiger partial charge on any atom is 0.471 e. The minimum absolute atomic E-state index is 0.0241. The molecule has 6 N–H and O–H groups in total.